The summed E-state index contributed by atoms with van der Waals surface area (Å²) in [6.45, 7) is 9.82. The third-order valence-corrected chi connectivity index (χ3v) is 5.32. The Labute approximate surface area is 125 Å². The lowest BCUT2D eigenvalue weighted by atomic mass is 10.0. The normalized spacial score (nSPS) is 18.3. The molecule has 1 saturated heterocycles. The number of carbonyl (C=O) groups excluding carboxylic acids is 1. The monoisotopic (exact) mass is 295 g/mol. The van der Waals surface area contributed by atoms with Crippen molar-refractivity contribution in [3.05, 3.63) is 15.6 Å². The lowest BCUT2D eigenvalue weighted by molar-refractivity contribution is -0.129. The first-order valence-electron chi connectivity index (χ1n) is 7.46. The molecule has 1 aliphatic rings. The zero-order valence-corrected chi connectivity index (χ0v) is 13.7. The molecule has 4 nitrogen and oxygen atoms in total. The topological polar surface area (TPSA) is 45.2 Å². The van der Waals surface area contributed by atoms with Gasteiger partial charge in [0, 0.05) is 30.9 Å². The predicted octanol–water partition coefficient (Wildman–Crippen LogP) is 2.81. The standard InChI is InChI=1S/C15H25N3OS/c1-5-14(15-16-10(2)11(3)20-15)17-13-6-8-18(9-7-13)12(4)19/h13-14,17H,5-9H2,1-4H3. The highest BCUT2D eigenvalue weighted by Gasteiger charge is 2.24. The molecular weight excluding hydrogens is 270 g/mol. The number of hydrogen-bond donors (Lipinski definition) is 1. The summed E-state index contributed by atoms with van der Waals surface area (Å²) in [6.07, 6.45) is 3.14. The lowest BCUT2D eigenvalue weighted by Crippen LogP contribution is -2.45. The molecule has 1 aromatic rings. The number of aromatic nitrogens is 1. The fourth-order valence-electron chi connectivity index (χ4n) is 2.66. The molecule has 0 aromatic carbocycles. The Morgan fingerprint density at radius 1 is 1.45 bits per heavy atom. The molecule has 1 atom stereocenters. The van der Waals surface area contributed by atoms with Crippen LogP contribution in [-0.2, 0) is 4.79 Å². The van der Waals surface area contributed by atoms with Gasteiger partial charge in [-0.05, 0) is 33.1 Å². The number of aryl methyl sites for hydroxylation is 2. The highest BCUT2D eigenvalue weighted by atomic mass is 32.1. The van der Waals surface area contributed by atoms with Crippen molar-refractivity contribution in [2.24, 2.45) is 0 Å². The number of carbonyl (C=O) groups is 1. The van der Waals surface area contributed by atoms with Crippen LogP contribution in [0.4, 0.5) is 0 Å². The van der Waals surface area contributed by atoms with E-state index in [0.717, 1.165) is 38.0 Å². The number of piperidine rings is 1. The molecule has 1 aliphatic heterocycles. The molecule has 2 rings (SSSR count). The van der Waals surface area contributed by atoms with Gasteiger partial charge in [-0.2, -0.15) is 0 Å². The SMILES string of the molecule is CCC(NC1CCN(C(C)=O)CC1)c1nc(C)c(C)s1. The van der Waals surface area contributed by atoms with E-state index in [1.807, 2.05) is 4.90 Å². The Hall–Kier alpha value is -0.940. The minimum absolute atomic E-state index is 0.196. The van der Waals surface area contributed by atoms with Crippen molar-refractivity contribution in [1.29, 1.82) is 0 Å². The Morgan fingerprint density at radius 2 is 2.10 bits per heavy atom. The minimum Gasteiger partial charge on any atom is -0.343 e. The van der Waals surface area contributed by atoms with Gasteiger partial charge in [0.25, 0.3) is 0 Å². The molecule has 1 N–H and O–H groups in total. The second-order valence-corrected chi connectivity index (χ2v) is 6.84. The smallest absolute Gasteiger partial charge is 0.219 e. The van der Waals surface area contributed by atoms with E-state index in [9.17, 15) is 4.79 Å². The number of nitrogens with zero attached hydrogens (tertiary/aromatic N) is 2. The van der Waals surface area contributed by atoms with Crippen molar-refractivity contribution in [2.45, 2.75) is 59.0 Å². The van der Waals surface area contributed by atoms with E-state index in [4.69, 9.17) is 0 Å². The Kier molecular flexibility index (Phi) is 5.16. The van der Waals surface area contributed by atoms with E-state index in [1.165, 1.54) is 9.88 Å². The number of amides is 1. The zero-order chi connectivity index (χ0) is 14.7. The van der Waals surface area contributed by atoms with Gasteiger partial charge in [-0.15, -0.1) is 11.3 Å². The molecule has 2 heterocycles. The van der Waals surface area contributed by atoms with Crippen molar-refractivity contribution in [3.8, 4) is 0 Å². The quantitative estimate of drug-likeness (QED) is 0.929. The van der Waals surface area contributed by atoms with Crippen LogP contribution >= 0.6 is 11.3 Å². The first-order chi connectivity index (χ1) is 9.51. The van der Waals surface area contributed by atoms with E-state index in [2.05, 4.69) is 31.1 Å². The van der Waals surface area contributed by atoms with Gasteiger partial charge in [-0.3, -0.25) is 4.79 Å². The predicted molar refractivity (Wildman–Crippen MR) is 83.0 cm³/mol. The van der Waals surface area contributed by atoms with Crippen LogP contribution < -0.4 is 5.32 Å². The summed E-state index contributed by atoms with van der Waals surface area (Å²) in [5, 5.41) is 4.94. The Morgan fingerprint density at radius 3 is 2.55 bits per heavy atom. The van der Waals surface area contributed by atoms with Crippen molar-refractivity contribution >= 4 is 17.2 Å². The largest absolute Gasteiger partial charge is 0.343 e. The summed E-state index contributed by atoms with van der Waals surface area (Å²) >= 11 is 1.80. The fourth-order valence-corrected chi connectivity index (χ4v) is 3.72. The van der Waals surface area contributed by atoms with Crippen molar-refractivity contribution in [2.75, 3.05) is 13.1 Å². The van der Waals surface area contributed by atoms with Gasteiger partial charge in [0.05, 0.1) is 11.7 Å². The van der Waals surface area contributed by atoms with Crippen LogP contribution in [0.15, 0.2) is 0 Å². The zero-order valence-electron chi connectivity index (χ0n) is 12.9. The van der Waals surface area contributed by atoms with Gasteiger partial charge in [0.2, 0.25) is 5.91 Å². The van der Waals surface area contributed by atoms with Gasteiger partial charge in [-0.25, -0.2) is 4.98 Å². The molecule has 1 unspecified atom stereocenters. The van der Waals surface area contributed by atoms with Crippen molar-refractivity contribution < 1.29 is 4.79 Å². The molecule has 0 aliphatic carbocycles. The number of rotatable bonds is 4. The molecular formula is C15H25N3OS. The average molecular weight is 295 g/mol. The first kappa shape index (κ1) is 15.4. The molecule has 5 heteroatoms. The van der Waals surface area contributed by atoms with Crippen LogP contribution in [0.2, 0.25) is 0 Å². The fraction of sp³-hybridized carbons (Fsp3) is 0.733. The molecule has 1 amide bonds. The summed E-state index contributed by atoms with van der Waals surface area (Å²) in [7, 11) is 0. The van der Waals surface area contributed by atoms with Crippen LogP contribution in [-0.4, -0.2) is 34.9 Å². The minimum atomic E-state index is 0.196. The summed E-state index contributed by atoms with van der Waals surface area (Å²) < 4.78 is 0. The lowest BCUT2D eigenvalue weighted by Gasteiger charge is -2.33. The van der Waals surface area contributed by atoms with E-state index in [-0.39, 0.29) is 5.91 Å². The van der Waals surface area contributed by atoms with Crippen LogP contribution in [0.5, 0.6) is 0 Å². The van der Waals surface area contributed by atoms with Gasteiger partial charge >= 0.3 is 0 Å². The maximum Gasteiger partial charge on any atom is 0.219 e. The molecule has 0 radical (unpaired) electrons. The highest BCUT2D eigenvalue weighted by Crippen LogP contribution is 2.26. The van der Waals surface area contributed by atoms with Crippen LogP contribution in [0, 0.1) is 13.8 Å². The molecule has 0 bridgehead atoms. The maximum atomic E-state index is 11.3. The first-order valence-corrected chi connectivity index (χ1v) is 8.28. The molecule has 1 fully saturated rings. The summed E-state index contributed by atoms with van der Waals surface area (Å²) in [6, 6.07) is 0.848. The summed E-state index contributed by atoms with van der Waals surface area (Å²) in [4.78, 5) is 19.3. The van der Waals surface area contributed by atoms with Gasteiger partial charge in [-0.1, -0.05) is 6.92 Å². The number of likely N-dealkylation sites (tertiary alicyclic amines) is 1. The molecule has 0 saturated carbocycles. The summed E-state index contributed by atoms with van der Waals surface area (Å²) in [5.74, 6) is 0.196. The second kappa shape index (κ2) is 6.68. The molecule has 20 heavy (non-hydrogen) atoms. The third kappa shape index (κ3) is 3.58. The number of hydrogen-bond acceptors (Lipinski definition) is 4. The van der Waals surface area contributed by atoms with Crippen molar-refractivity contribution in [1.82, 2.24) is 15.2 Å². The number of nitrogens with one attached hydrogen (secondary N) is 1. The van der Waals surface area contributed by atoms with E-state index in [0.29, 0.717) is 12.1 Å². The van der Waals surface area contributed by atoms with Gasteiger partial charge in [0.1, 0.15) is 5.01 Å². The van der Waals surface area contributed by atoms with E-state index < -0.39 is 0 Å². The van der Waals surface area contributed by atoms with Crippen LogP contribution in [0.3, 0.4) is 0 Å². The molecule has 0 spiro atoms. The van der Waals surface area contributed by atoms with Gasteiger partial charge in [0.15, 0.2) is 0 Å². The summed E-state index contributed by atoms with van der Waals surface area (Å²) in [5.41, 5.74) is 1.15. The van der Waals surface area contributed by atoms with Crippen LogP contribution in [0.1, 0.15) is 54.7 Å². The highest BCUT2D eigenvalue weighted by molar-refractivity contribution is 7.11. The number of thiazole rings is 1. The van der Waals surface area contributed by atoms with E-state index >= 15 is 0 Å². The Balaban J connectivity index is 1.93. The second-order valence-electron chi connectivity index (χ2n) is 5.60. The average Bonchev–Trinajstić information content (AvgIpc) is 2.76. The third-order valence-electron chi connectivity index (χ3n) is 4.13. The molecule has 112 valence electrons. The van der Waals surface area contributed by atoms with Crippen molar-refractivity contribution in [3.63, 3.8) is 0 Å². The maximum absolute atomic E-state index is 11.3. The van der Waals surface area contributed by atoms with Gasteiger partial charge < -0.3 is 10.2 Å². The van der Waals surface area contributed by atoms with Crippen LogP contribution in [0.25, 0.3) is 0 Å². The molecule has 1 aromatic heterocycles. The van der Waals surface area contributed by atoms with E-state index in [1.54, 1.807) is 18.3 Å². The Bertz CT molecular complexity index is 444.